The zero-order chi connectivity index (χ0) is 9.14. The molecule has 0 aliphatic heterocycles. The van der Waals surface area contributed by atoms with Gasteiger partial charge in [-0.05, 0) is 40.1 Å². The van der Waals surface area contributed by atoms with Gasteiger partial charge in [-0.3, -0.25) is 4.79 Å². The Morgan fingerprint density at radius 3 is 2.50 bits per heavy atom. The van der Waals surface area contributed by atoms with E-state index in [0.29, 0.717) is 5.92 Å². The third-order valence-electron chi connectivity index (χ3n) is 1.78. The van der Waals surface area contributed by atoms with Crippen LogP contribution in [0.5, 0.6) is 0 Å². The fourth-order valence-electron chi connectivity index (χ4n) is 1.08. The van der Waals surface area contributed by atoms with Gasteiger partial charge in [0.05, 0.1) is 0 Å². The van der Waals surface area contributed by atoms with Crippen LogP contribution in [0.4, 0.5) is 0 Å². The van der Waals surface area contributed by atoms with Crippen LogP contribution in [0, 0.1) is 3.57 Å². The van der Waals surface area contributed by atoms with Crippen LogP contribution in [0.3, 0.4) is 0 Å². The average Bonchev–Trinajstić information content (AvgIpc) is 2.03. The van der Waals surface area contributed by atoms with Gasteiger partial charge in [-0.2, -0.15) is 0 Å². The maximum absolute atomic E-state index is 10.4. The van der Waals surface area contributed by atoms with E-state index in [0.717, 1.165) is 11.8 Å². The zero-order valence-corrected chi connectivity index (χ0v) is 9.33. The van der Waals surface area contributed by atoms with E-state index in [2.05, 4.69) is 36.4 Å². The number of carbonyl (C=O) groups is 1. The fourth-order valence-corrected chi connectivity index (χ4v) is 2.25. The standard InChI is InChI=1S/C10H11IO/c1-7(2)9-4-3-8(6-12)5-10(9)11/h3-7H,1-2H3. The highest BCUT2D eigenvalue weighted by molar-refractivity contribution is 14.1. The molecular formula is C10H11IO. The van der Waals surface area contributed by atoms with Crippen LogP contribution in [0.25, 0.3) is 0 Å². The number of rotatable bonds is 2. The van der Waals surface area contributed by atoms with E-state index in [1.54, 1.807) is 0 Å². The van der Waals surface area contributed by atoms with Crippen molar-refractivity contribution in [3.63, 3.8) is 0 Å². The molecule has 0 aromatic heterocycles. The van der Waals surface area contributed by atoms with E-state index in [1.165, 1.54) is 9.13 Å². The number of halogens is 1. The summed E-state index contributed by atoms with van der Waals surface area (Å²) in [5.41, 5.74) is 2.06. The van der Waals surface area contributed by atoms with Gasteiger partial charge in [0.25, 0.3) is 0 Å². The van der Waals surface area contributed by atoms with Crippen LogP contribution >= 0.6 is 22.6 Å². The Kier molecular flexibility index (Phi) is 3.26. The maximum atomic E-state index is 10.4. The molecule has 0 radical (unpaired) electrons. The molecule has 0 amide bonds. The van der Waals surface area contributed by atoms with Crippen molar-refractivity contribution >= 4 is 28.9 Å². The molecule has 1 aromatic rings. The lowest BCUT2D eigenvalue weighted by Crippen LogP contribution is -1.92. The van der Waals surface area contributed by atoms with Crippen molar-refractivity contribution in [3.8, 4) is 0 Å². The van der Waals surface area contributed by atoms with Crippen molar-refractivity contribution in [2.24, 2.45) is 0 Å². The van der Waals surface area contributed by atoms with Crippen molar-refractivity contribution in [1.82, 2.24) is 0 Å². The quantitative estimate of drug-likeness (QED) is 0.597. The molecule has 0 heterocycles. The predicted molar refractivity (Wildman–Crippen MR) is 58.6 cm³/mol. The van der Waals surface area contributed by atoms with Gasteiger partial charge in [-0.1, -0.05) is 26.0 Å². The minimum atomic E-state index is 0.526. The topological polar surface area (TPSA) is 17.1 Å². The maximum Gasteiger partial charge on any atom is 0.150 e. The fraction of sp³-hybridized carbons (Fsp3) is 0.300. The first kappa shape index (κ1) is 9.71. The number of carbonyl (C=O) groups excluding carboxylic acids is 1. The van der Waals surface area contributed by atoms with E-state index < -0.39 is 0 Å². The van der Waals surface area contributed by atoms with Crippen LogP contribution in [0.1, 0.15) is 35.7 Å². The summed E-state index contributed by atoms with van der Waals surface area (Å²) in [7, 11) is 0. The molecule has 2 heteroatoms. The lowest BCUT2D eigenvalue weighted by molar-refractivity contribution is 0.112. The first-order valence-electron chi connectivity index (χ1n) is 3.89. The molecule has 0 aliphatic carbocycles. The molecule has 0 unspecified atom stereocenters. The molecule has 0 saturated carbocycles. The van der Waals surface area contributed by atoms with Crippen molar-refractivity contribution in [3.05, 3.63) is 32.9 Å². The highest BCUT2D eigenvalue weighted by atomic mass is 127. The molecule has 0 fully saturated rings. The molecule has 1 rings (SSSR count). The van der Waals surface area contributed by atoms with Gasteiger partial charge in [0.2, 0.25) is 0 Å². The Bertz CT molecular complexity index is 292. The van der Waals surface area contributed by atoms with Crippen LogP contribution in [-0.2, 0) is 0 Å². The average molecular weight is 274 g/mol. The number of hydrogen-bond donors (Lipinski definition) is 0. The SMILES string of the molecule is CC(C)c1ccc(C=O)cc1I. The lowest BCUT2D eigenvalue weighted by atomic mass is 10.0. The number of benzene rings is 1. The first-order valence-corrected chi connectivity index (χ1v) is 4.97. The van der Waals surface area contributed by atoms with Gasteiger partial charge in [-0.25, -0.2) is 0 Å². The third kappa shape index (κ3) is 2.06. The molecule has 64 valence electrons. The normalized spacial score (nSPS) is 10.3. The van der Waals surface area contributed by atoms with E-state index >= 15 is 0 Å². The molecule has 0 bridgehead atoms. The Morgan fingerprint density at radius 1 is 1.42 bits per heavy atom. The second-order valence-electron chi connectivity index (χ2n) is 3.05. The second-order valence-corrected chi connectivity index (χ2v) is 4.22. The summed E-state index contributed by atoms with van der Waals surface area (Å²) in [5, 5.41) is 0. The van der Waals surface area contributed by atoms with E-state index in [1.807, 2.05) is 18.2 Å². The minimum Gasteiger partial charge on any atom is -0.298 e. The van der Waals surface area contributed by atoms with Crippen molar-refractivity contribution in [2.75, 3.05) is 0 Å². The second kappa shape index (κ2) is 4.03. The smallest absolute Gasteiger partial charge is 0.150 e. The molecule has 1 nitrogen and oxygen atoms in total. The molecule has 0 aliphatic rings. The van der Waals surface area contributed by atoms with Crippen LogP contribution < -0.4 is 0 Å². The minimum absolute atomic E-state index is 0.526. The zero-order valence-electron chi connectivity index (χ0n) is 7.17. The summed E-state index contributed by atoms with van der Waals surface area (Å²) in [6.07, 6.45) is 0.881. The molecule has 0 saturated heterocycles. The first-order chi connectivity index (χ1) is 5.65. The van der Waals surface area contributed by atoms with Crippen molar-refractivity contribution in [2.45, 2.75) is 19.8 Å². The summed E-state index contributed by atoms with van der Waals surface area (Å²) in [5.74, 6) is 0.526. The summed E-state index contributed by atoms with van der Waals surface area (Å²) in [6.45, 7) is 4.30. The lowest BCUT2D eigenvalue weighted by Gasteiger charge is -2.07. The van der Waals surface area contributed by atoms with Crippen LogP contribution in [0.15, 0.2) is 18.2 Å². The summed E-state index contributed by atoms with van der Waals surface area (Å²) >= 11 is 2.27. The van der Waals surface area contributed by atoms with Gasteiger partial charge in [0, 0.05) is 9.13 Å². The van der Waals surface area contributed by atoms with Crippen molar-refractivity contribution < 1.29 is 4.79 Å². The Morgan fingerprint density at radius 2 is 2.08 bits per heavy atom. The Balaban J connectivity index is 3.11. The van der Waals surface area contributed by atoms with Gasteiger partial charge in [0.15, 0.2) is 0 Å². The van der Waals surface area contributed by atoms with Gasteiger partial charge < -0.3 is 0 Å². The van der Waals surface area contributed by atoms with E-state index in [4.69, 9.17) is 0 Å². The molecule has 0 N–H and O–H groups in total. The highest BCUT2D eigenvalue weighted by Crippen LogP contribution is 2.21. The largest absolute Gasteiger partial charge is 0.298 e. The number of aldehydes is 1. The van der Waals surface area contributed by atoms with Crippen molar-refractivity contribution in [1.29, 1.82) is 0 Å². The van der Waals surface area contributed by atoms with Gasteiger partial charge >= 0.3 is 0 Å². The summed E-state index contributed by atoms with van der Waals surface area (Å²) in [4.78, 5) is 10.4. The Labute approximate surface area is 86.3 Å². The molecule has 0 atom stereocenters. The molecule has 1 aromatic carbocycles. The molecule has 0 spiro atoms. The Hall–Kier alpha value is -0.380. The van der Waals surface area contributed by atoms with Gasteiger partial charge in [-0.15, -0.1) is 0 Å². The number of hydrogen-bond acceptors (Lipinski definition) is 1. The molecular weight excluding hydrogens is 263 g/mol. The monoisotopic (exact) mass is 274 g/mol. The summed E-state index contributed by atoms with van der Waals surface area (Å²) in [6, 6.07) is 5.81. The van der Waals surface area contributed by atoms with Crippen LogP contribution in [0.2, 0.25) is 0 Å². The summed E-state index contributed by atoms with van der Waals surface area (Å²) < 4.78 is 1.17. The predicted octanol–water partition coefficient (Wildman–Crippen LogP) is 3.23. The van der Waals surface area contributed by atoms with E-state index in [9.17, 15) is 4.79 Å². The third-order valence-corrected chi connectivity index (χ3v) is 2.72. The molecule has 12 heavy (non-hydrogen) atoms. The van der Waals surface area contributed by atoms with Crippen LogP contribution in [-0.4, -0.2) is 6.29 Å². The highest BCUT2D eigenvalue weighted by Gasteiger charge is 2.04. The van der Waals surface area contributed by atoms with Gasteiger partial charge in [0.1, 0.15) is 6.29 Å². The van der Waals surface area contributed by atoms with E-state index in [-0.39, 0.29) is 0 Å².